The third kappa shape index (κ3) is 5.69. The number of nitrogens with zero attached hydrogens (tertiary/aromatic N) is 1. The van der Waals surface area contributed by atoms with Crippen molar-refractivity contribution in [2.75, 3.05) is 5.32 Å². The molecule has 1 amide bonds. The van der Waals surface area contributed by atoms with Gasteiger partial charge in [0.1, 0.15) is 12.4 Å². The number of benzene rings is 3. The number of rotatable bonds is 7. The summed E-state index contributed by atoms with van der Waals surface area (Å²) in [7, 11) is 0. The van der Waals surface area contributed by atoms with Gasteiger partial charge in [0.2, 0.25) is 0 Å². The van der Waals surface area contributed by atoms with Crippen molar-refractivity contribution in [3.8, 4) is 11.8 Å². The molecule has 3 aromatic rings. The lowest BCUT2D eigenvalue weighted by Gasteiger charge is -2.14. The van der Waals surface area contributed by atoms with Gasteiger partial charge < -0.3 is 14.8 Å². The van der Waals surface area contributed by atoms with E-state index in [-0.39, 0.29) is 0 Å². The van der Waals surface area contributed by atoms with Crippen LogP contribution in [0.3, 0.4) is 0 Å². The number of anilines is 1. The lowest BCUT2D eigenvalue weighted by atomic mass is 10.1. The largest absolute Gasteiger partial charge is 0.489 e. The molecule has 0 spiro atoms. The van der Waals surface area contributed by atoms with E-state index in [1.165, 1.54) is 6.92 Å². The van der Waals surface area contributed by atoms with Crippen molar-refractivity contribution in [3.63, 3.8) is 0 Å². The first-order valence-corrected chi connectivity index (χ1v) is 9.34. The van der Waals surface area contributed by atoms with Crippen LogP contribution in [0.4, 0.5) is 5.69 Å². The Morgan fingerprint density at radius 3 is 2.43 bits per heavy atom. The van der Waals surface area contributed by atoms with Crippen LogP contribution in [0.2, 0.25) is 0 Å². The van der Waals surface area contributed by atoms with Gasteiger partial charge in [-0.1, -0.05) is 36.4 Å². The summed E-state index contributed by atoms with van der Waals surface area (Å²) in [4.78, 5) is 24.6. The molecule has 1 N–H and O–H groups in total. The van der Waals surface area contributed by atoms with E-state index in [1.807, 2.05) is 36.4 Å². The van der Waals surface area contributed by atoms with Gasteiger partial charge in [0.05, 0.1) is 17.2 Å². The zero-order valence-corrected chi connectivity index (χ0v) is 16.4. The Labute approximate surface area is 174 Å². The van der Waals surface area contributed by atoms with Gasteiger partial charge >= 0.3 is 5.97 Å². The van der Waals surface area contributed by atoms with Crippen LogP contribution in [-0.4, -0.2) is 18.0 Å². The van der Waals surface area contributed by atoms with Crippen molar-refractivity contribution in [1.29, 1.82) is 5.26 Å². The first-order valence-electron chi connectivity index (χ1n) is 9.34. The van der Waals surface area contributed by atoms with Crippen molar-refractivity contribution in [3.05, 3.63) is 95.6 Å². The van der Waals surface area contributed by atoms with Crippen molar-refractivity contribution in [2.24, 2.45) is 0 Å². The summed E-state index contributed by atoms with van der Waals surface area (Å²) >= 11 is 0. The Kier molecular flexibility index (Phi) is 6.80. The third-order valence-corrected chi connectivity index (χ3v) is 4.25. The van der Waals surface area contributed by atoms with Crippen LogP contribution in [0.5, 0.6) is 5.75 Å². The molecule has 0 aromatic heterocycles. The summed E-state index contributed by atoms with van der Waals surface area (Å²) in [5.74, 6) is -0.314. The maximum absolute atomic E-state index is 12.3. The van der Waals surface area contributed by atoms with Crippen LogP contribution in [0, 0.1) is 11.3 Å². The fraction of sp³-hybridized carbons (Fsp3) is 0.125. The number of ether oxygens (including phenoxy) is 2. The van der Waals surface area contributed by atoms with E-state index in [0.717, 1.165) is 11.3 Å². The molecule has 30 heavy (non-hydrogen) atoms. The lowest BCUT2D eigenvalue weighted by molar-refractivity contribution is -0.123. The average molecular weight is 400 g/mol. The highest BCUT2D eigenvalue weighted by Crippen LogP contribution is 2.14. The second kappa shape index (κ2) is 9.89. The van der Waals surface area contributed by atoms with E-state index in [9.17, 15) is 9.59 Å². The van der Waals surface area contributed by atoms with Crippen molar-refractivity contribution in [2.45, 2.75) is 19.6 Å². The Morgan fingerprint density at radius 2 is 1.73 bits per heavy atom. The van der Waals surface area contributed by atoms with Gasteiger partial charge in [-0.25, -0.2) is 4.79 Å². The fourth-order valence-electron chi connectivity index (χ4n) is 2.61. The smallest absolute Gasteiger partial charge is 0.338 e. The minimum absolute atomic E-state index is 0.338. The highest BCUT2D eigenvalue weighted by molar-refractivity contribution is 5.97. The van der Waals surface area contributed by atoms with Gasteiger partial charge in [-0.3, -0.25) is 4.79 Å². The Morgan fingerprint density at radius 1 is 1.00 bits per heavy atom. The molecular weight excluding hydrogens is 380 g/mol. The molecule has 6 nitrogen and oxygen atoms in total. The summed E-state index contributed by atoms with van der Waals surface area (Å²) in [6.45, 7) is 1.86. The second-order valence-corrected chi connectivity index (χ2v) is 6.53. The van der Waals surface area contributed by atoms with Crippen LogP contribution in [-0.2, 0) is 16.1 Å². The van der Waals surface area contributed by atoms with Gasteiger partial charge in [0.15, 0.2) is 6.10 Å². The van der Waals surface area contributed by atoms with Crippen LogP contribution in [0.15, 0.2) is 78.9 Å². The summed E-state index contributed by atoms with van der Waals surface area (Å²) in [5.41, 5.74) is 2.13. The van der Waals surface area contributed by atoms with Gasteiger partial charge in [-0.2, -0.15) is 5.26 Å². The molecular formula is C24H20N2O4. The molecule has 3 aromatic carbocycles. The topological polar surface area (TPSA) is 88.4 Å². The van der Waals surface area contributed by atoms with Gasteiger partial charge in [0, 0.05) is 5.69 Å². The van der Waals surface area contributed by atoms with Crippen molar-refractivity contribution >= 4 is 17.6 Å². The zero-order valence-electron chi connectivity index (χ0n) is 16.4. The normalized spacial score (nSPS) is 11.1. The monoisotopic (exact) mass is 400 g/mol. The molecule has 0 bridgehead atoms. The van der Waals surface area contributed by atoms with Crippen LogP contribution in [0.1, 0.15) is 28.4 Å². The molecule has 150 valence electrons. The van der Waals surface area contributed by atoms with Crippen molar-refractivity contribution in [1.82, 2.24) is 0 Å². The Hall–Kier alpha value is -4.11. The molecule has 0 fully saturated rings. The average Bonchev–Trinajstić information content (AvgIpc) is 2.78. The first kappa shape index (κ1) is 20.6. The van der Waals surface area contributed by atoms with E-state index < -0.39 is 18.0 Å². The molecule has 0 unspecified atom stereocenters. The predicted octanol–water partition coefficient (Wildman–Crippen LogP) is 4.32. The molecule has 0 radical (unpaired) electrons. The standard InChI is InChI=1S/C24H20N2O4/c1-17(23(27)26-21-7-5-6-19(14-21)15-25)30-24(28)20-12-10-18(11-13-20)16-29-22-8-3-2-4-9-22/h2-14,17H,16H2,1H3,(H,26,27)/t17-/m1/s1. The molecule has 0 aliphatic heterocycles. The minimum Gasteiger partial charge on any atom is -0.489 e. The molecule has 0 aliphatic rings. The number of esters is 1. The lowest BCUT2D eigenvalue weighted by Crippen LogP contribution is -2.30. The molecule has 1 atom stereocenters. The summed E-state index contributed by atoms with van der Waals surface area (Å²) in [6.07, 6.45) is -0.996. The molecule has 3 rings (SSSR count). The SMILES string of the molecule is C[C@@H](OC(=O)c1ccc(COc2ccccc2)cc1)C(=O)Nc1cccc(C#N)c1. The zero-order chi connectivity index (χ0) is 21.3. The van der Waals surface area contributed by atoms with Crippen LogP contribution >= 0.6 is 0 Å². The van der Waals surface area contributed by atoms with Crippen LogP contribution in [0.25, 0.3) is 0 Å². The highest BCUT2D eigenvalue weighted by atomic mass is 16.5. The van der Waals surface area contributed by atoms with E-state index in [1.54, 1.807) is 48.5 Å². The maximum Gasteiger partial charge on any atom is 0.338 e. The summed E-state index contributed by atoms with van der Waals surface area (Å²) in [5, 5.41) is 11.6. The highest BCUT2D eigenvalue weighted by Gasteiger charge is 2.19. The number of hydrogen-bond donors (Lipinski definition) is 1. The number of carbonyl (C=O) groups excluding carboxylic acids is 2. The minimum atomic E-state index is -0.996. The van der Waals surface area contributed by atoms with E-state index in [0.29, 0.717) is 23.4 Å². The van der Waals surface area contributed by atoms with E-state index in [4.69, 9.17) is 14.7 Å². The molecule has 0 saturated carbocycles. The van der Waals surface area contributed by atoms with Crippen LogP contribution < -0.4 is 10.1 Å². The third-order valence-electron chi connectivity index (χ3n) is 4.25. The Bertz CT molecular complexity index is 1060. The fourth-order valence-corrected chi connectivity index (χ4v) is 2.61. The number of nitriles is 1. The van der Waals surface area contributed by atoms with Gasteiger partial charge in [-0.15, -0.1) is 0 Å². The Balaban J connectivity index is 1.53. The number of para-hydroxylation sites is 1. The summed E-state index contributed by atoms with van der Waals surface area (Å²) < 4.78 is 10.9. The van der Waals surface area contributed by atoms with Gasteiger partial charge in [-0.05, 0) is 55.0 Å². The maximum atomic E-state index is 12.3. The first-order chi connectivity index (χ1) is 14.5. The molecule has 6 heteroatoms. The summed E-state index contributed by atoms with van der Waals surface area (Å²) in [6, 6.07) is 24.8. The van der Waals surface area contributed by atoms with Crippen molar-refractivity contribution < 1.29 is 19.1 Å². The molecule has 0 saturated heterocycles. The molecule has 0 aliphatic carbocycles. The van der Waals surface area contributed by atoms with E-state index >= 15 is 0 Å². The number of amides is 1. The number of hydrogen-bond acceptors (Lipinski definition) is 5. The van der Waals surface area contributed by atoms with Gasteiger partial charge in [0.25, 0.3) is 5.91 Å². The number of carbonyl (C=O) groups is 2. The molecule has 0 heterocycles. The van der Waals surface area contributed by atoms with E-state index in [2.05, 4.69) is 5.32 Å². The number of nitrogens with one attached hydrogen (secondary N) is 1. The predicted molar refractivity (Wildman–Crippen MR) is 112 cm³/mol. The quantitative estimate of drug-likeness (QED) is 0.597. The second-order valence-electron chi connectivity index (χ2n) is 6.53.